The SMILES string of the molecule is CCCC(=N)c1ccc(Cc2cc([C@@H]3O[C@H](CO)[C@@H](OC)[C@H](O)[C@H]3O)ccc2Cl)cc1. The maximum atomic E-state index is 10.6. The summed E-state index contributed by atoms with van der Waals surface area (Å²) in [7, 11) is 1.41. The van der Waals surface area contributed by atoms with Gasteiger partial charge in [0.1, 0.15) is 30.5 Å². The summed E-state index contributed by atoms with van der Waals surface area (Å²) >= 11 is 6.43. The molecule has 0 amide bonds. The van der Waals surface area contributed by atoms with E-state index >= 15 is 0 Å². The van der Waals surface area contributed by atoms with Crippen LogP contribution in [0.2, 0.25) is 5.02 Å². The fraction of sp³-hybridized carbons (Fsp3) is 0.458. The topological polar surface area (TPSA) is 103 Å². The third-order valence-electron chi connectivity index (χ3n) is 5.73. The molecule has 3 rings (SSSR count). The summed E-state index contributed by atoms with van der Waals surface area (Å²) in [6.45, 7) is 1.72. The summed E-state index contributed by atoms with van der Waals surface area (Å²) in [5.41, 5.74) is 4.12. The normalized spacial score (nSPS) is 26.1. The van der Waals surface area contributed by atoms with E-state index in [2.05, 4.69) is 6.92 Å². The number of hydrogen-bond acceptors (Lipinski definition) is 6. The predicted molar refractivity (Wildman–Crippen MR) is 120 cm³/mol. The molecule has 31 heavy (non-hydrogen) atoms. The lowest BCUT2D eigenvalue weighted by atomic mass is 9.90. The average Bonchev–Trinajstić information content (AvgIpc) is 2.77. The minimum Gasteiger partial charge on any atom is -0.394 e. The summed E-state index contributed by atoms with van der Waals surface area (Å²) in [6, 6.07) is 13.2. The van der Waals surface area contributed by atoms with Crippen LogP contribution in [0, 0.1) is 5.41 Å². The average molecular weight is 448 g/mol. The van der Waals surface area contributed by atoms with Gasteiger partial charge in [-0.25, -0.2) is 0 Å². The number of ether oxygens (including phenoxy) is 2. The second kappa shape index (κ2) is 10.7. The number of hydrogen-bond donors (Lipinski definition) is 4. The largest absolute Gasteiger partial charge is 0.394 e. The standard InChI is InChI=1S/C24H30ClNO5/c1-3-4-19(26)15-7-5-14(6-8-15)11-17-12-16(9-10-18(17)25)23-21(28)22(29)24(30-2)20(13-27)31-23/h5-10,12,20-24,26-29H,3-4,11,13H2,1-2H3/t20-,21-,22-,23+,24-/m1/s1. The van der Waals surface area contributed by atoms with Crippen LogP contribution in [-0.4, -0.2) is 59.2 Å². The van der Waals surface area contributed by atoms with Crippen LogP contribution in [0.25, 0.3) is 0 Å². The molecule has 0 aliphatic carbocycles. The minimum absolute atomic E-state index is 0.335. The lowest BCUT2D eigenvalue weighted by Gasteiger charge is -2.41. The molecule has 5 atom stereocenters. The van der Waals surface area contributed by atoms with E-state index in [0.717, 1.165) is 29.5 Å². The van der Waals surface area contributed by atoms with Crippen molar-refractivity contribution in [2.75, 3.05) is 13.7 Å². The van der Waals surface area contributed by atoms with Gasteiger partial charge in [-0.3, -0.25) is 0 Å². The Labute approximate surface area is 187 Å². The number of halogens is 1. The van der Waals surface area contributed by atoms with Crippen molar-refractivity contribution in [1.82, 2.24) is 0 Å². The smallest absolute Gasteiger partial charge is 0.114 e. The molecule has 168 valence electrons. The molecule has 0 bridgehead atoms. The Morgan fingerprint density at radius 3 is 2.45 bits per heavy atom. The van der Waals surface area contributed by atoms with Crippen LogP contribution in [0.3, 0.4) is 0 Å². The Hall–Kier alpha value is -1.80. The third kappa shape index (κ3) is 5.34. The Kier molecular flexibility index (Phi) is 8.22. The van der Waals surface area contributed by atoms with Gasteiger partial charge in [-0.2, -0.15) is 0 Å². The molecule has 1 saturated heterocycles. The lowest BCUT2D eigenvalue weighted by molar-refractivity contribution is -0.238. The van der Waals surface area contributed by atoms with E-state index in [9.17, 15) is 15.3 Å². The molecule has 1 aliphatic rings. The molecule has 4 N–H and O–H groups in total. The van der Waals surface area contributed by atoms with Gasteiger partial charge < -0.3 is 30.2 Å². The predicted octanol–water partition coefficient (Wildman–Crippen LogP) is 3.27. The van der Waals surface area contributed by atoms with E-state index in [1.165, 1.54) is 7.11 Å². The van der Waals surface area contributed by atoms with Crippen molar-refractivity contribution in [1.29, 1.82) is 5.41 Å². The molecular weight excluding hydrogens is 418 g/mol. The summed E-state index contributed by atoms with van der Waals surface area (Å²) in [5.74, 6) is 0. The van der Waals surface area contributed by atoms with Crippen molar-refractivity contribution >= 4 is 17.3 Å². The molecule has 0 radical (unpaired) electrons. The van der Waals surface area contributed by atoms with Crippen molar-refractivity contribution < 1.29 is 24.8 Å². The fourth-order valence-electron chi connectivity index (χ4n) is 4.00. The monoisotopic (exact) mass is 447 g/mol. The highest BCUT2D eigenvalue weighted by molar-refractivity contribution is 6.31. The highest BCUT2D eigenvalue weighted by atomic mass is 35.5. The Balaban J connectivity index is 1.81. The molecule has 0 unspecified atom stereocenters. The first-order chi connectivity index (χ1) is 14.9. The summed E-state index contributed by atoms with van der Waals surface area (Å²) in [6.07, 6.45) is -2.50. The minimum atomic E-state index is -1.20. The molecule has 0 saturated carbocycles. The number of aliphatic hydroxyl groups is 3. The van der Waals surface area contributed by atoms with Gasteiger partial charge in [-0.05, 0) is 41.2 Å². The van der Waals surface area contributed by atoms with E-state index in [1.807, 2.05) is 30.3 Å². The Morgan fingerprint density at radius 2 is 1.84 bits per heavy atom. The third-order valence-corrected chi connectivity index (χ3v) is 6.10. The van der Waals surface area contributed by atoms with Crippen LogP contribution in [0.1, 0.15) is 48.1 Å². The van der Waals surface area contributed by atoms with Crippen molar-refractivity contribution in [3.8, 4) is 0 Å². The molecule has 0 spiro atoms. The Morgan fingerprint density at radius 1 is 1.13 bits per heavy atom. The highest BCUT2D eigenvalue weighted by Crippen LogP contribution is 2.35. The zero-order chi connectivity index (χ0) is 22.5. The molecular formula is C24H30ClNO5. The van der Waals surface area contributed by atoms with Crippen LogP contribution < -0.4 is 0 Å². The second-order valence-electron chi connectivity index (χ2n) is 7.91. The van der Waals surface area contributed by atoms with E-state index in [0.29, 0.717) is 22.7 Å². The van der Waals surface area contributed by atoms with Crippen LogP contribution in [0.15, 0.2) is 42.5 Å². The van der Waals surface area contributed by atoms with Crippen LogP contribution in [-0.2, 0) is 15.9 Å². The van der Waals surface area contributed by atoms with E-state index in [4.69, 9.17) is 26.5 Å². The van der Waals surface area contributed by atoms with Crippen LogP contribution in [0.4, 0.5) is 0 Å². The maximum Gasteiger partial charge on any atom is 0.114 e. The molecule has 0 aromatic heterocycles. The van der Waals surface area contributed by atoms with Crippen molar-refractivity contribution in [2.24, 2.45) is 0 Å². The first-order valence-corrected chi connectivity index (χ1v) is 10.9. The van der Waals surface area contributed by atoms with Gasteiger partial charge >= 0.3 is 0 Å². The van der Waals surface area contributed by atoms with Gasteiger partial charge in [0.2, 0.25) is 0 Å². The van der Waals surface area contributed by atoms with Gasteiger partial charge in [0, 0.05) is 17.8 Å². The summed E-state index contributed by atoms with van der Waals surface area (Å²) in [5, 5.41) is 39.3. The van der Waals surface area contributed by atoms with Crippen LogP contribution in [0.5, 0.6) is 0 Å². The molecule has 2 aromatic rings. The van der Waals surface area contributed by atoms with E-state index in [1.54, 1.807) is 12.1 Å². The number of aliphatic hydroxyl groups excluding tert-OH is 3. The number of methoxy groups -OCH3 is 1. The number of rotatable bonds is 8. The highest BCUT2D eigenvalue weighted by Gasteiger charge is 2.45. The molecule has 1 fully saturated rings. The summed E-state index contributed by atoms with van der Waals surface area (Å²) < 4.78 is 11.1. The van der Waals surface area contributed by atoms with Crippen molar-refractivity contribution in [3.63, 3.8) is 0 Å². The zero-order valence-electron chi connectivity index (χ0n) is 17.8. The number of benzene rings is 2. The lowest BCUT2D eigenvalue weighted by Crippen LogP contribution is -2.56. The Bertz CT molecular complexity index is 886. The van der Waals surface area contributed by atoms with Crippen molar-refractivity contribution in [2.45, 2.75) is 56.7 Å². The molecule has 1 heterocycles. The first kappa shape index (κ1) is 23.9. The second-order valence-corrected chi connectivity index (χ2v) is 8.32. The molecule has 2 aromatic carbocycles. The fourth-order valence-corrected chi connectivity index (χ4v) is 4.18. The quantitative estimate of drug-likeness (QED) is 0.465. The van der Waals surface area contributed by atoms with Crippen molar-refractivity contribution in [3.05, 3.63) is 69.7 Å². The van der Waals surface area contributed by atoms with Gasteiger partial charge in [0.25, 0.3) is 0 Å². The van der Waals surface area contributed by atoms with E-state index < -0.39 is 30.5 Å². The van der Waals surface area contributed by atoms with Gasteiger partial charge in [-0.15, -0.1) is 0 Å². The van der Waals surface area contributed by atoms with Gasteiger partial charge in [-0.1, -0.05) is 61.3 Å². The van der Waals surface area contributed by atoms with Gasteiger partial charge in [0.15, 0.2) is 0 Å². The van der Waals surface area contributed by atoms with Gasteiger partial charge in [0.05, 0.1) is 6.61 Å². The molecule has 7 heteroatoms. The van der Waals surface area contributed by atoms with Crippen LogP contribution >= 0.6 is 11.6 Å². The zero-order valence-corrected chi connectivity index (χ0v) is 18.5. The molecule has 1 aliphatic heterocycles. The maximum absolute atomic E-state index is 10.6. The first-order valence-electron chi connectivity index (χ1n) is 10.5. The molecule has 6 nitrogen and oxygen atoms in total. The van der Waals surface area contributed by atoms with E-state index in [-0.39, 0.29) is 6.61 Å². The number of nitrogens with one attached hydrogen (secondary N) is 1. The summed E-state index contributed by atoms with van der Waals surface area (Å²) in [4.78, 5) is 0.